The predicted octanol–water partition coefficient (Wildman–Crippen LogP) is 2.34. The molecule has 0 aliphatic carbocycles. The lowest BCUT2D eigenvalue weighted by Gasteiger charge is -2.27. The minimum absolute atomic E-state index is 0.119. The van der Waals surface area contributed by atoms with Gasteiger partial charge in [-0.15, -0.1) is 11.8 Å². The highest BCUT2D eigenvalue weighted by molar-refractivity contribution is 8.00. The van der Waals surface area contributed by atoms with Crippen LogP contribution in [-0.2, 0) is 4.79 Å². The van der Waals surface area contributed by atoms with Crippen molar-refractivity contribution in [2.24, 2.45) is 0 Å². The van der Waals surface area contributed by atoms with Gasteiger partial charge in [-0.05, 0) is 35.9 Å². The first-order valence-electron chi connectivity index (χ1n) is 8.63. The largest absolute Gasteiger partial charge is 0.355 e. The Balaban J connectivity index is 1.35. The maximum Gasteiger partial charge on any atom is 0.230 e. The molecule has 24 heavy (non-hydrogen) atoms. The van der Waals surface area contributed by atoms with Gasteiger partial charge in [-0.2, -0.15) is 0 Å². The van der Waals surface area contributed by atoms with E-state index in [0.717, 1.165) is 50.6 Å². The van der Waals surface area contributed by atoms with Crippen molar-refractivity contribution < 1.29 is 4.79 Å². The van der Waals surface area contributed by atoms with Crippen molar-refractivity contribution in [3.8, 4) is 0 Å². The first kappa shape index (κ1) is 17.3. The van der Waals surface area contributed by atoms with Crippen molar-refractivity contribution in [2.45, 2.75) is 11.3 Å². The van der Waals surface area contributed by atoms with Crippen molar-refractivity contribution in [1.82, 2.24) is 15.5 Å². The van der Waals surface area contributed by atoms with Gasteiger partial charge in [-0.25, -0.2) is 0 Å². The third-order valence-corrected chi connectivity index (χ3v) is 5.27. The van der Waals surface area contributed by atoms with E-state index < -0.39 is 0 Å². The second-order valence-electron chi connectivity index (χ2n) is 6.09. The summed E-state index contributed by atoms with van der Waals surface area (Å²) in [6.07, 6.45) is 1.02. The first-order chi connectivity index (χ1) is 11.8. The molecule has 2 aromatic rings. The number of amides is 1. The molecule has 0 aromatic heterocycles. The summed E-state index contributed by atoms with van der Waals surface area (Å²) in [5, 5.41) is 8.84. The van der Waals surface area contributed by atoms with Crippen molar-refractivity contribution in [1.29, 1.82) is 0 Å². The lowest BCUT2D eigenvalue weighted by atomic mass is 10.1. The second-order valence-corrected chi connectivity index (χ2v) is 7.14. The van der Waals surface area contributed by atoms with Gasteiger partial charge in [0.05, 0.1) is 5.75 Å². The third-order valence-electron chi connectivity index (χ3n) is 4.27. The van der Waals surface area contributed by atoms with Gasteiger partial charge in [-0.1, -0.05) is 30.3 Å². The number of hydrogen-bond donors (Lipinski definition) is 2. The summed E-state index contributed by atoms with van der Waals surface area (Å²) in [7, 11) is 0. The number of nitrogens with zero attached hydrogens (tertiary/aromatic N) is 1. The van der Waals surface area contributed by atoms with Crippen LogP contribution in [0.1, 0.15) is 6.42 Å². The number of piperazine rings is 1. The van der Waals surface area contributed by atoms with Crippen LogP contribution >= 0.6 is 11.8 Å². The van der Waals surface area contributed by atoms with E-state index in [-0.39, 0.29) is 5.91 Å². The summed E-state index contributed by atoms with van der Waals surface area (Å²) in [6, 6.07) is 14.7. The molecule has 1 aliphatic rings. The van der Waals surface area contributed by atoms with E-state index in [1.165, 1.54) is 10.8 Å². The zero-order valence-corrected chi connectivity index (χ0v) is 14.8. The Morgan fingerprint density at radius 1 is 1.12 bits per heavy atom. The number of carbonyl (C=O) groups excluding carboxylic acids is 1. The Bertz CT molecular complexity index is 670. The molecule has 1 amide bonds. The summed E-state index contributed by atoms with van der Waals surface area (Å²) in [5.41, 5.74) is 0. The average Bonchev–Trinajstić information content (AvgIpc) is 2.64. The number of thioether (sulfide) groups is 1. The van der Waals surface area contributed by atoms with Crippen LogP contribution in [0.3, 0.4) is 0 Å². The molecular weight excluding hydrogens is 318 g/mol. The lowest BCUT2D eigenvalue weighted by molar-refractivity contribution is -0.118. The van der Waals surface area contributed by atoms with Crippen LogP contribution in [0, 0.1) is 0 Å². The van der Waals surface area contributed by atoms with E-state index in [2.05, 4.69) is 45.9 Å². The Morgan fingerprint density at radius 3 is 2.75 bits per heavy atom. The Morgan fingerprint density at radius 2 is 1.92 bits per heavy atom. The second kappa shape index (κ2) is 9.06. The van der Waals surface area contributed by atoms with Crippen LogP contribution in [0.2, 0.25) is 0 Å². The maximum absolute atomic E-state index is 12.0. The molecule has 1 aliphatic heterocycles. The molecule has 0 radical (unpaired) electrons. The molecule has 128 valence electrons. The number of rotatable bonds is 7. The van der Waals surface area contributed by atoms with E-state index in [9.17, 15) is 4.79 Å². The van der Waals surface area contributed by atoms with Gasteiger partial charge in [0.1, 0.15) is 0 Å². The van der Waals surface area contributed by atoms with Gasteiger partial charge >= 0.3 is 0 Å². The van der Waals surface area contributed by atoms with Crippen molar-refractivity contribution in [3.63, 3.8) is 0 Å². The van der Waals surface area contributed by atoms with Crippen molar-refractivity contribution in [2.75, 3.05) is 45.0 Å². The van der Waals surface area contributed by atoms with E-state index >= 15 is 0 Å². The van der Waals surface area contributed by atoms with Gasteiger partial charge in [0.15, 0.2) is 0 Å². The fraction of sp³-hybridized carbons (Fsp3) is 0.421. The molecule has 1 fully saturated rings. The number of carbonyl (C=O) groups is 1. The third kappa shape index (κ3) is 5.23. The molecule has 0 atom stereocenters. The molecule has 4 nitrogen and oxygen atoms in total. The summed E-state index contributed by atoms with van der Waals surface area (Å²) < 4.78 is 0. The smallest absolute Gasteiger partial charge is 0.230 e. The van der Waals surface area contributed by atoms with Crippen LogP contribution in [0.5, 0.6) is 0 Å². The van der Waals surface area contributed by atoms with Crippen LogP contribution in [0.4, 0.5) is 0 Å². The number of fused-ring (bicyclic) bond motifs is 1. The molecule has 0 unspecified atom stereocenters. The molecule has 3 rings (SSSR count). The maximum atomic E-state index is 12.0. The van der Waals surface area contributed by atoms with Crippen molar-refractivity contribution >= 4 is 28.4 Å². The molecule has 0 bridgehead atoms. The first-order valence-corrected chi connectivity index (χ1v) is 9.61. The van der Waals surface area contributed by atoms with E-state index in [1.54, 1.807) is 11.8 Å². The SMILES string of the molecule is O=C(CSc1ccc2ccccc2c1)NCCCN1CCNCC1. The highest BCUT2D eigenvalue weighted by Crippen LogP contribution is 2.23. The van der Waals surface area contributed by atoms with Gasteiger partial charge in [0.2, 0.25) is 5.91 Å². The average molecular weight is 343 g/mol. The van der Waals surface area contributed by atoms with Gasteiger partial charge in [0, 0.05) is 37.6 Å². The molecule has 0 spiro atoms. The zero-order chi connectivity index (χ0) is 16.6. The molecule has 0 saturated carbocycles. The number of benzene rings is 2. The molecular formula is C19H25N3OS. The predicted molar refractivity (Wildman–Crippen MR) is 102 cm³/mol. The zero-order valence-electron chi connectivity index (χ0n) is 14.0. The summed E-state index contributed by atoms with van der Waals surface area (Å²) in [5.74, 6) is 0.597. The Hall–Kier alpha value is -1.56. The fourth-order valence-electron chi connectivity index (χ4n) is 2.92. The van der Waals surface area contributed by atoms with E-state index in [1.807, 2.05) is 12.1 Å². The van der Waals surface area contributed by atoms with Gasteiger partial charge < -0.3 is 15.5 Å². The summed E-state index contributed by atoms with van der Waals surface area (Å²) >= 11 is 1.60. The van der Waals surface area contributed by atoms with Crippen LogP contribution in [-0.4, -0.2) is 55.8 Å². The van der Waals surface area contributed by atoms with Gasteiger partial charge in [-0.3, -0.25) is 4.79 Å². The molecule has 1 saturated heterocycles. The van der Waals surface area contributed by atoms with E-state index in [4.69, 9.17) is 0 Å². The normalized spacial score (nSPS) is 15.5. The van der Waals surface area contributed by atoms with Crippen LogP contribution in [0.15, 0.2) is 47.4 Å². The monoisotopic (exact) mass is 343 g/mol. The molecule has 2 N–H and O–H groups in total. The summed E-state index contributed by atoms with van der Waals surface area (Å²) in [4.78, 5) is 15.6. The lowest BCUT2D eigenvalue weighted by Crippen LogP contribution is -2.44. The quantitative estimate of drug-likeness (QED) is 0.598. The molecule has 5 heteroatoms. The van der Waals surface area contributed by atoms with Crippen LogP contribution < -0.4 is 10.6 Å². The molecule has 1 heterocycles. The Kier molecular flexibility index (Phi) is 6.52. The minimum atomic E-state index is 0.119. The van der Waals surface area contributed by atoms with E-state index in [0.29, 0.717) is 5.75 Å². The van der Waals surface area contributed by atoms with Gasteiger partial charge in [0.25, 0.3) is 0 Å². The summed E-state index contributed by atoms with van der Waals surface area (Å²) in [6.45, 7) is 6.22. The van der Waals surface area contributed by atoms with Crippen LogP contribution in [0.25, 0.3) is 10.8 Å². The fourth-order valence-corrected chi connectivity index (χ4v) is 3.70. The highest BCUT2D eigenvalue weighted by Gasteiger charge is 2.09. The number of nitrogens with one attached hydrogen (secondary N) is 2. The highest BCUT2D eigenvalue weighted by atomic mass is 32.2. The minimum Gasteiger partial charge on any atom is -0.355 e. The number of hydrogen-bond acceptors (Lipinski definition) is 4. The van der Waals surface area contributed by atoms with Crippen molar-refractivity contribution in [3.05, 3.63) is 42.5 Å². The standard InChI is InChI=1S/C19H25N3OS/c23-19(21-8-3-11-22-12-9-20-10-13-22)15-24-18-7-6-16-4-1-2-5-17(16)14-18/h1-2,4-7,14,20H,3,8-13,15H2,(H,21,23). The molecule has 2 aromatic carbocycles. The Labute approximate surface area is 148 Å². The topological polar surface area (TPSA) is 44.4 Å².